The number of benzene rings is 1. The van der Waals surface area contributed by atoms with E-state index < -0.39 is 0 Å². The van der Waals surface area contributed by atoms with Gasteiger partial charge in [0.05, 0.1) is 0 Å². The van der Waals surface area contributed by atoms with E-state index in [-0.39, 0.29) is 6.04 Å². The minimum absolute atomic E-state index is 0.0976. The van der Waals surface area contributed by atoms with E-state index in [0.29, 0.717) is 5.82 Å². The van der Waals surface area contributed by atoms with Gasteiger partial charge in [0.1, 0.15) is 0 Å². The third-order valence-corrected chi connectivity index (χ3v) is 5.00. The number of hydrogen-bond acceptors (Lipinski definition) is 4. The van der Waals surface area contributed by atoms with E-state index in [4.69, 9.17) is 10.3 Å². The van der Waals surface area contributed by atoms with Crippen molar-refractivity contribution in [3.63, 3.8) is 0 Å². The quantitative estimate of drug-likeness (QED) is 0.842. The Bertz CT molecular complexity index is 599. The topological polar surface area (TPSA) is 64.9 Å². The van der Waals surface area contributed by atoms with Crippen molar-refractivity contribution in [1.82, 2.24) is 10.1 Å². The van der Waals surface area contributed by atoms with Crippen LogP contribution in [0.15, 0.2) is 28.8 Å². The first-order valence-electron chi connectivity index (χ1n) is 8.94. The zero-order valence-corrected chi connectivity index (χ0v) is 14.0. The summed E-state index contributed by atoms with van der Waals surface area (Å²) in [5.74, 6) is 2.29. The van der Waals surface area contributed by atoms with Gasteiger partial charge in [0.2, 0.25) is 11.7 Å². The first-order valence-corrected chi connectivity index (χ1v) is 8.94. The number of aromatic nitrogens is 2. The lowest BCUT2D eigenvalue weighted by atomic mass is 9.86. The summed E-state index contributed by atoms with van der Waals surface area (Å²) in [6.45, 7) is 2.09. The molecule has 1 fully saturated rings. The summed E-state index contributed by atoms with van der Waals surface area (Å²) in [6.07, 6.45) is 9.90. The maximum Gasteiger partial charge on any atom is 0.226 e. The van der Waals surface area contributed by atoms with Crippen LogP contribution in [0.2, 0.25) is 0 Å². The lowest BCUT2D eigenvalue weighted by Gasteiger charge is -2.20. The van der Waals surface area contributed by atoms with E-state index in [1.54, 1.807) is 0 Å². The first kappa shape index (κ1) is 16.2. The summed E-state index contributed by atoms with van der Waals surface area (Å²) in [5.41, 5.74) is 8.19. The van der Waals surface area contributed by atoms with Gasteiger partial charge in [-0.3, -0.25) is 0 Å². The molecule has 0 amide bonds. The summed E-state index contributed by atoms with van der Waals surface area (Å²) < 4.78 is 5.42. The Morgan fingerprint density at radius 1 is 1.17 bits per heavy atom. The second-order valence-electron chi connectivity index (χ2n) is 6.69. The highest BCUT2D eigenvalue weighted by Gasteiger charge is 2.15. The predicted octanol–water partition coefficient (Wildman–Crippen LogP) is 4.66. The zero-order valence-electron chi connectivity index (χ0n) is 14.0. The number of nitrogens with two attached hydrogens (primary N) is 1. The van der Waals surface area contributed by atoms with Gasteiger partial charge in [-0.05, 0) is 24.3 Å². The third-order valence-electron chi connectivity index (χ3n) is 5.00. The van der Waals surface area contributed by atoms with Crippen LogP contribution in [0.1, 0.15) is 69.4 Å². The molecule has 4 heteroatoms. The number of rotatable bonds is 6. The van der Waals surface area contributed by atoms with Gasteiger partial charge in [-0.15, -0.1) is 0 Å². The second kappa shape index (κ2) is 7.73. The molecule has 23 heavy (non-hydrogen) atoms. The van der Waals surface area contributed by atoms with Gasteiger partial charge >= 0.3 is 0 Å². The Labute approximate surface area is 138 Å². The van der Waals surface area contributed by atoms with Crippen LogP contribution in [0.3, 0.4) is 0 Å². The summed E-state index contributed by atoms with van der Waals surface area (Å²) in [5, 5.41) is 4.13. The molecule has 1 saturated carbocycles. The van der Waals surface area contributed by atoms with Crippen molar-refractivity contribution >= 4 is 0 Å². The molecular weight excluding hydrogens is 286 g/mol. The fourth-order valence-corrected chi connectivity index (χ4v) is 3.39. The largest absolute Gasteiger partial charge is 0.339 e. The average Bonchev–Trinajstić information content (AvgIpc) is 3.09. The maximum atomic E-state index is 6.05. The van der Waals surface area contributed by atoms with Crippen LogP contribution >= 0.6 is 0 Å². The number of nitrogens with zero attached hydrogens (tertiary/aromatic N) is 2. The standard InChI is InChI=1S/C19H27N3O/c1-2-17(20)15-9-11-16(12-10-15)19-21-18(23-22-19)13-8-14-6-4-3-5-7-14/h9-12,14,17H,2-8,13,20H2,1H3/t17-/m0/s1. The molecule has 1 aromatic carbocycles. The van der Waals surface area contributed by atoms with Crippen LogP contribution in [0.5, 0.6) is 0 Å². The smallest absolute Gasteiger partial charge is 0.226 e. The summed E-state index contributed by atoms with van der Waals surface area (Å²) in [7, 11) is 0. The highest BCUT2D eigenvalue weighted by Crippen LogP contribution is 2.27. The Morgan fingerprint density at radius 2 is 1.91 bits per heavy atom. The third kappa shape index (κ3) is 4.20. The molecule has 0 unspecified atom stereocenters. The van der Waals surface area contributed by atoms with E-state index in [1.807, 2.05) is 12.1 Å². The number of hydrogen-bond donors (Lipinski definition) is 1. The molecule has 3 rings (SSSR count). The van der Waals surface area contributed by atoms with E-state index in [1.165, 1.54) is 38.5 Å². The molecule has 2 N–H and O–H groups in total. The number of aryl methyl sites for hydroxylation is 1. The van der Waals surface area contributed by atoms with Crippen molar-refractivity contribution in [1.29, 1.82) is 0 Å². The molecule has 0 saturated heterocycles. The van der Waals surface area contributed by atoms with Crippen LogP contribution in [-0.2, 0) is 6.42 Å². The molecule has 1 aromatic heterocycles. The molecule has 1 heterocycles. The SMILES string of the molecule is CC[C@H](N)c1ccc(-c2noc(CCC3CCCCC3)n2)cc1. The van der Waals surface area contributed by atoms with Gasteiger partial charge in [0.25, 0.3) is 0 Å². The van der Waals surface area contributed by atoms with Gasteiger partial charge in [0.15, 0.2) is 0 Å². The second-order valence-corrected chi connectivity index (χ2v) is 6.69. The molecule has 0 radical (unpaired) electrons. The lowest BCUT2D eigenvalue weighted by Crippen LogP contribution is -2.08. The molecule has 0 aliphatic heterocycles. The molecule has 0 bridgehead atoms. The zero-order chi connectivity index (χ0) is 16.1. The Hall–Kier alpha value is -1.68. The van der Waals surface area contributed by atoms with Gasteiger partial charge in [0, 0.05) is 18.0 Å². The fourth-order valence-electron chi connectivity index (χ4n) is 3.39. The highest BCUT2D eigenvalue weighted by molar-refractivity contribution is 5.54. The van der Waals surface area contributed by atoms with Crippen LogP contribution < -0.4 is 5.73 Å². The molecule has 2 aromatic rings. The molecule has 0 spiro atoms. The van der Waals surface area contributed by atoms with Gasteiger partial charge in [-0.1, -0.05) is 68.4 Å². The summed E-state index contributed by atoms with van der Waals surface area (Å²) in [4.78, 5) is 4.55. The van der Waals surface area contributed by atoms with Crippen LogP contribution in [0, 0.1) is 5.92 Å². The monoisotopic (exact) mass is 313 g/mol. The molecular formula is C19H27N3O. The highest BCUT2D eigenvalue weighted by atomic mass is 16.5. The molecule has 1 atom stereocenters. The maximum absolute atomic E-state index is 6.05. The Balaban J connectivity index is 1.59. The molecule has 124 valence electrons. The van der Waals surface area contributed by atoms with Crippen molar-refractivity contribution in [3.8, 4) is 11.4 Å². The van der Waals surface area contributed by atoms with E-state index in [2.05, 4.69) is 29.2 Å². The van der Waals surface area contributed by atoms with Crippen LogP contribution in [0.25, 0.3) is 11.4 Å². The van der Waals surface area contributed by atoms with Crippen molar-refractivity contribution in [2.45, 2.75) is 64.3 Å². The van der Waals surface area contributed by atoms with Crippen LogP contribution in [0.4, 0.5) is 0 Å². The average molecular weight is 313 g/mol. The molecule has 4 nitrogen and oxygen atoms in total. The van der Waals surface area contributed by atoms with E-state index in [9.17, 15) is 0 Å². The lowest BCUT2D eigenvalue weighted by molar-refractivity contribution is 0.315. The van der Waals surface area contributed by atoms with Crippen LogP contribution in [-0.4, -0.2) is 10.1 Å². The Morgan fingerprint density at radius 3 is 2.61 bits per heavy atom. The fraction of sp³-hybridized carbons (Fsp3) is 0.579. The van der Waals surface area contributed by atoms with Crippen molar-refractivity contribution < 1.29 is 4.52 Å². The van der Waals surface area contributed by atoms with Gasteiger partial charge < -0.3 is 10.3 Å². The minimum atomic E-state index is 0.0976. The van der Waals surface area contributed by atoms with E-state index in [0.717, 1.165) is 35.8 Å². The van der Waals surface area contributed by atoms with Gasteiger partial charge in [-0.2, -0.15) is 4.98 Å². The molecule has 1 aliphatic rings. The minimum Gasteiger partial charge on any atom is -0.339 e. The van der Waals surface area contributed by atoms with Crippen molar-refractivity contribution in [3.05, 3.63) is 35.7 Å². The molecule has 1 aliphatic carbocycles. The van der Waals surface area contributed by atoms with Gasteiger partial charge in [-0.25, -0.2) is 0 Å². The van der Waals surface area contributed by atoms with E-state index >= 15 is 0 Å². The summed E-state index contributed by atoms with van der Waals surface area (Å²) >= 11 is 0. The summed E-state index contributed by atoms with van der Waals surface area (Å²) in [6, 6.07) is 8.27. The first-order chi connectivity index (χ1) is 11.3. The van der Waals surface area contributed by atoms with Crippen molar-refractivity contribution in [2.75, 3.05) is 0 Å². The predicted molar refractivity (Wildman–Crippen MR) is 91.8 cm³/mol. The normalized spacial score (nSPS) is 17.3. The Kier molecular flexibility index (Phi) is 5.44. The van der Waals surface area contributed by atoms with Crippen molar-refractivity contribution in [2.24, 2.45) is 11.7 Å².